The van der Waals surface area contributed by atoms with Crippen LogP contribution in [0.2, 0.25) is 0 Å². The summed E-state index contributed by atoms with van der Waals surface area (Å²) in [6.45, 7) is 5.31. The average Bonchev–Trinajstić information content (AvgIpc) is 3.08. The molecule has 1 aliphatic rings. The molecule has 1 saturated carbocycles. The number of hydrogen-bond acceptors (Lipinski definition) is 5. The second-order valence-electron chi connectivity index (χ2n) is 6.81. The zero-order valence-electron chi connectivity index (χ0n) is 13.9. The highest BCUT2D eigenvalue weighted by Gasteiger charge is 2.29. The van der Waals surface area contributed by atoms with Gasteiger partial charge in [-0.15, -0.1) is 0 Å². The fraction of sp³-hybridized carbons (Fsp3) is 0.688. The number of rotatable bonds is 5. The number of alkyl carbamates (subject to hydrolysis) is 1. The van der Waals surface area contributed by atoms with Crippen LogP contribution in [0.1, 0.15) is 52.1 Å². The molecule has 0 bridgehead atoms. The molecule has 1 atom stereocenters. The van der Waals surface area contributed by atoms with E-state index >= 15 is 0 Å². The molecule has 1 aromatic heterocycles. The fourth-order valence-electron chi connectivity index (χ4n) is 2.51. The Morgan fingerprint density at radius 1 is 1.39 bits per heavy atom. The monoisotopic (exact) mass is 323 g/mol. The molecule has 0 aromatic carbocycles. The number of amides is 1. The lowest BCUT2D eigenvalue weighted by molar-refractivity contribution is -0.151. The number of carbonyl (C=O) groups excluding carboxylic acids is 2. The largest absolute Gasteiger partial charge is 0.461 e. The number of esters is 1. The second-order valence-corrected chi connectivity index (χ2v) is 6.81. The molecule has 1 aliphatic carbocycles. The molecule has 2 N–H and O–H groups in total. The van der Waals surface area contributed by atoms with Crippen LogP contribution in [0.5, 0.6) is 0 Å². The minimum Gasteiger partial charge on any atom is -0.461 e. The van der Waals surface area contributed by atoms with Crippen molar-refractivity contribution in [2.24, 2.45) is 0 Å². The van der Waals surface area contributed by atoms with Crippen molar-refractivity contribution in [3.63, 3.8) is 0 Å². The first-order chi connectivity index (χ1) is 10.8. The lowest BCUT2D eigenvalue weighted by atomic mass is 10.1. The van der Waals surface area contributed by atoms with Crippen LogP contribution in [0.3, 0.4) is 0 Å². The van der Waals surface area contributed by atoms with Crippen LogP contribution in [0, 0.1) is 0 Å². The molecule has 0 radical (unpaired) electrons. The summed E-state index contributed by atoms with van der Waals surface area (Å²) in [5, 5.41) is 2.60. The van der Waals surface area contributed by atoms with E-state index in [-0.39, 0.29) is 12.5 Å². The summed E-state index contributed by atoms with van der Waals surface area (Å²) in [5.41, 5.74) is 0.0468. The number of imidazole rings is 1. The third-order valence-corrected chi connectivity index (χ3v) is 3.53. The van der Waals surface area contributed by atoms with Gasteiger partial charge in [0.15, 0.2) is 0 Å². The quantitative estimate of drug-likeness (QED) is 0.811. The van der Waals surface area contributed by atoms with Crippen molar-refractivity contribution in [1.29, 1.82) is 0 Å². The minimum atomic E-state index is -0.811. The Morgan fingerprint density at radius 3 is 2.65 bits per heavy atom. The van der Waals surface area contributed by atoms with E-state index in [4.69, 9.17) is 9.47 Å². The highest BCUT2D eigenvalue weighted by Crippen LogP contribution is 2.21. The zero-order valence-corrected chi connectivity index (χ0v) is 13.9. The Morgan fingerprint density at radius 2 is 2.09 bits per heavy atom. The second kappa shape index (κ2) is 7.48. The van der Waals surface area contributed by atoms with Gasteiger partial charge in [0.2, 0.25) is 0 Å². The van der Waals surface area contributed by atoms with Crippen LogP contribution in [-0.4, -0.2) is 39.8 Å². The SMILES string of the molecule is CC(C)(C)OC(=O)N[C@@H](Cc1c[nH]cn1)C(=O)OC1CCCC1. The number of H-pyrrole nitrogens is 1. The van der Waals surface area contributed by atoms with Crippen molar-refractivity contribution >= 4 is 12.1 Å². The summed E-state index contributed by atoms with van der Waals surface area (Å²) in [5.74, 6) is -0.439. The van der Waals surface area contributed by atoms with Gasteiger partial charge in [0.05, 0.1) is 12.0 Å². The van der Waals surface area contributed by atoms with Gasteiger partial charge in [-0.2, -0.15) is 0 Å². The van der Waals surface area contributed by atoms with Gasteiger partial charge in [0.1, 0.15) is 17.7 Å². The molecule has 0 aliphatic heterocycles. The van der Waals surface area contributed by atoms with Crippen molar-refractivity contribution < 1.29 is 19.1 Å². The topological polar surface area (TPSA) is 93.3 Å². The molecule has 1 amide bonds. The van der Waals surface area contributed by atoms with Gasteiger partial charge >= 0.3 is 12.1 Å². The normalized spacial score (nSPS) is 16.8. The van der Waals surface area contributed by atoms with E-state index in [0.29, 0.717) is 5.69 Å². The highest BCUT2D eigenvalue weighted by atomic mass is 16.6. The Labute approximate surface area is 136 Å². The number of carbonyl (C=O) groups is 2. The Hall–Kier alpha value is -2.05. The molecule has 2 rings (SSSR count). The van der Waals surface area contributed by atoms with Gasteiger partial charge in [-0.25, -0.2) is 14.6 Å². The lowest BCUT2D eigenvalue weighted by Gasteiger charge is -2.23. The molecule has 7 heteroatoms. The summed E-state index contributed by atoms with van der Waals surface area (Å²) in [6.07, 6.45) is 6.69. The molecule has 23 heavy (non-hydrogen) atoms. The van der Waals surface area contributed by atoms with Crippen LogP contribution < -0.4 is 5.32 Å². The van der Waals surface area contributed by atoms with Crippen LogP contribution in [-0.2, 0) is 20.7 Å². The molecule has 0 spiro atoms. The lowest BCUT2D eigenvalue weighted by Crippen LogP contribution is -2.46. The maximum Gasteiger partial charge on any atom is 0.408 e. The number of aromatic amines is 1. The maximum absolute atomic E-state index is 12.4. The Kier molecular flexibility index (Phi) is 5.63. The van der Waals surface area contributed by atoms with Gasteiger partial charge in [0, 0.05) is 12.6 Å². The number of nitrogens with one attached hydrogen (secondary N) is 2. The van der Waals surface area contributed by atoms with Gasteiger partial charge < -0.3 is 19.8 Å². The summed E-state index contributed by atoms with van der Waals surface area (Å²) in [7, 11) is 0. The third-order valence-electron chi connectivity index (χ3n) is 3.53. The van der Waals surface area contributed by atoms with E-state index in [2.05, 4.69) is 15.3 Å². The Balaban J connectivity index is 1.98. The van der Waals surface area contributed by atoms with E-state index < -0.39 is 23.7 Å². The minimum absolute atomic E-state index is 0.0513. The number of nitrogens with zero attached hydrogens (tertiary/aromatic N) is 1. The van der Waals surface area contributed by atoms with Crippen molar-refractivity contribution in [2.45, 2.75) is 70.6 Å². The van der Waals surface area contributed by atoms with Crippen molar-refractivity contribution in [3.05, 3.63) is 18.2 Å². The van der Waals surface area contributed by atoms with Gasteiger partial charge in [-0.3, -0.25) is 0 Å². The predicted octanol–water partition coefficient (Wildman–Crippen LogP) is 2.33. The first-order valence-electron chi connectivity index (χ1n) is 8.01. The molecule has 0 unspecified atom stereocenters. The zero-order chi connectivity index (χ0) is 16.9. The molecular weight excluding hydrogens is 298 g/mol. The molecular formula is C16H25N3O4. The molecule has 1 heterocycles. The first-order valence-corrected chi connectivity index (χ1v) is 8.01. The van der Waals surface area contributed by atoms with Crippen molar-refractivity contribution in [2.75, 3.05) is 0 Å². The van der Waals surface area contributed by atoms with Gasteiger partial charge in [-0.05, 0) is 46.5 Å². The predicted molar refractivity (Wildman–Crippen MR) is 83.8 cm³/mol. The summed E-state index contributed by atoms with van der Waals surface area (Å²) in [6, 6.07) is -0.811. The smallest absolute Gasteiger partial charge is 0.408 e. The van der Waals surface area contributed by atoms with E-state index in [1.165, 1.54) is 6.33 Å². The summed E-state index contributed by atoms with van der Waals surface area (Å²) < 4.78 is 10.7. The van der Waals surface area contributed by atoms with Crippen molar-refractivity contribution in [1.82, 2.24) is 15.3 Å². The number of hydrogen-bond donors (Lipinski definition) is 2. The van der Waals surface area contributed by atoms with Crippen LogP contribution in [0.4, 0.5) is 4.79 Å². The van der Waals surface area contributed by atoms with E-state index in [1.807, 2.05) is 0 Å². The van der Waals surface area contributed by atoms with Gasteiger partial charge in [0.25, 0.3) is 0 Å². The number of aromatic nitrogens is 2. The van der Waals surface area contributed by atoms with Crippen LogP contribution >= 0.6 is 0 Å². The standard InChI is InChI=1S/C16H25N3O4/c1-16(2,3)23-15(21)19-13(8-11-9-17-10-18-11)14(20)22-12-6-4-5-7-12/h9-10,12-13H,4-8H2,1-3H3,(H,17,18)(H,19,21)/t13-/m0/s1. The molecule has 1 fully saturated rings. The first kappa shape index (κ1) is 17.3. The molecule has 0 saturated heterocycles. The Bertz CT molecular complexity index is 516. The van der Waals surface area contributed by atoms with Crippen LogP contribution in [0.15, 0.2) is 12.5 Å². The van der Waals surface area contributed by atoms with Gasteiger partial charge in [-0.1, -0.05) is 0 Å². The van der Waals surface area contributed by atoms with E-state index in [9.17, 15) is 9.59 Å². The van der Waals surface area contributed by atoms with E-state index in [0.717, 1.165) is 25.7 Å². The maximum atomic E-state index is 12.4. The highest BCUT2D eigenvalue weighted by molar-refractivity contribution is 5.81. The fourth-order valence-corrected chi connectivity index (χ4v) is 2.51. The third kappa shape index (κ3) is 5.92. The van der Waals surface area contributed by atoms with Crippen LogP contribution in [0.25, 0.3) is 0 Å². The summed E-state index contributed by atoms with van der Waals surface area (Å²) in [4.78, 5) is 31.3. The summed E-state index contributed by atoms with van der Waals surface area (Å²) >= 11 is 0. The molecule has 7 nitrogen and oxygen atoms in total. The van der Waals surface area contributed by atoms with E-state index in [1.54, 1.807) is 27.0 Å². The average molecular weight is 323 g/mol. The molecule has 128 valence electrons. The van der Waals surface area contributed by atoms with Crippen molar-refractivity contribution in [3.8, 4) is 0 Å². The molecule has 1 aromatic rings. The number of ether oxygens (including phenoxy) is 2.